The van der Waals surface area contributed by atoms with Gasteiger partial charge in [-0.25, -0.2) is 9.37 Å². The number of hydrogen-bond donors (Lipinski definition) is 1. The van der Waals surface area contributed by atoms with E-state index in [1.165, 1.54) is 18.2 Å². The predicted molar refractivity (Wildman–Crippen MR) is 59.5 cm³/mol. The van der Waals surface area contributed by atoms with Gasteiger partial charge in [0.1, 0.15) is 11.5 Å². The summed E-state index contributed by atoms with van der Waals surface area (Å²) in [5.41, 5.74) is 6.92. The van der Waals surface area contributed by atoms with E-state index in [1.54, 1.807) is 18.2 Å². The fraction of sp³-hybridized carbons (Fsp3) is 0. The molecule has 0 aliphatic heterocycles. The van der Waals surface area contributed by atoms with Crippen LogP contribution in [0.5, 0.6) is 0 Å². The Balaban J connectivity index is 2.45. The van der Waals surface area contributed by atoms with Crippen molar-refractivity contribution < 1.29 is 4.39 Å². The Kier molecular flexibility index (Phi) is 2.59. The Morgan fingerprint density at radius 1 is 1.12 bits per heavy atom. The van der Waals surface area contributed by atoms with Gasteiger partial charge in [0.15, 0.2) is 5.82 Å². The smallest absolute Gasteiger partial charge is 0.153 e. The lowest BCUT2D eigenvalue weighted by Crippen LogP contribution is -1.92. The summed E-state index contributed by atoms with van der Waals surface area (Å²) < 4.78 is 12.7. The van der Waals surface area contributed by atoms with Gasteiger partial charge in [-0.1, -0.05) is 0 Å². The molecule has 1 aromatic carbocycles. The van der Waals surface area contributed by atoms with Crippen molar-refractivity contribution in [2.24, 2.45) is 5.18 Å². The maximum atomic E-state index is 12.7. The summed E-state index contributed by atoms with van der Waals surface area (Å²) in [7, 11) is 0. The molecule has 4 nitrogen and oxygen atoms in total. The van der Waals surface area contributed by atoms with E-state index in [0.29, 0.717) is 5.69 Å². The molecular weight excluding hydrogens is 209 g/mol. The van der Waals surface area contributed by atoms with E-state index in [2.05, 4.69) is 10.2 Å². The normalized spacial score (nSPS) is 10.1. The Hall–Kier alpha value is -2.30. The van der Waals surface area contributed by atoms with Crippen LogP contribution in [0.3, 0.4) is 0 Å². The van der Waals surface area contributed by atoms with Crippen LogP contribution >= 0.6 is 0 Å². The fourth-order valence-electron chi connectivity index (χ4n) is 1.33. The average molecular weight is 217 g/mol. The molecule has 0 bridgehead atoms. The molecule has 0 fully saturated rings. The van der Waals surface area contributed by atoms with Crippen LogP contribution in [0.4, 0.5) is 15.9 Å². The molecule has 2 N–H and O–H groups in total. The second-order valence-electron chi connectivity index (χ2n) is 3.20. The van der Waals surface area contributed by atoms with Crippen molar-refractivity contribution in [2.75, 3.05) is 5.73 Å². The molecule has 80 valence electrons. The number of anilines is 1. The van der Waals surface area contributed by atoms with Gasteiger partial charge in [0.2, 0.25) is 0 Å². The highest BCUT2D eigenvalue weighted by Crippen LogP contribution is 2.24. The summed E-state index contributed by atoms with van der Waals surface area (Å²) in [4.78, 5) is 14.3. The first-order valence-corrected chi connectivity index (χ1v) is 4.56. The van der Waals surface area contributed by atoms with Crippen LogP contribution in [0.2, 0.25) is 0 Å². The minimum Gasteiger partial charge on any atom is -0.382 e. The minimum absolute atomic E-state index is 0.0665. The lowest BCUT2D eigenvalue weighted by atomic mass is 10.1. The van der Waals surface area contributed by atoms with Crippen molar-refractivity contribution >= 4 is 11.5 Å². The molecule has 1 heterocycles. The van der Waals surface area contributed by atoms with E-state index in [4.69, 9.17) is 5.73 Å². The van der Waals surface area contributed by atoms with Crippen LogP contribution in [-0.2, 0) is 0 Å². The van der Waals surface area contributed by atoms with E-state index in [-0.39, 0.29) is 17.3 Å². The van der Waals surface area contributed by atoms with Crippen molar-refractivity contribution in [2.45, 2.75) is 0 Å². The fourth-order valence-corrected chi connectivity index (χ4v) is 1.33. The van der Waals surface area contributed by atoms with Crippen LogP contribution in [0.25, 0.3) is 11.3 Å². The Morgan fingerprint density at radius 3 is 2.38 bits per heavy atom. The Labute approximate surface area is 90.9 Å². The number of nitrogen functional groups attached to an aromatic ring is 1. The highest BCUT2D eigenvalue weighted by Gasteiger charge is 2.04. The molecule has 0 amide bonds. The number of halogens is 1. The number of rotatable bonds is 2. The standard InChI is InChI=1S/C11H8FN3O/c12-8-3-1-7(2-4-8)9-5-6-10(15-16)11(13)14-9/h1-6H,(H2,13,14). The molecule has 2 aromatic rings. The van der Waals surface area contributed by atoms with Crippen LogP contribution in [0, 0.1) is 10.7 Å². The third kappa shape index (κ3) is 1.88. The third-order valence-corrected chi connectivity index (χ3v) is 2.14. The first-order chi connectivity index (χ1) is 7.70. The maximum Gasteiger partial charge on any atom is 0.153 e. The molecule has 16 heavy (non-hydrogen) atoms. The van der Waals surface area contributed by atoms with E-state index in [0.717, 1.165) is 5.56 Å². The Bertz CT molecular complexity index is 525. The lowest BCUT2D eigenvalue weighted by Gasteiger charge is -2.02. The predicted octanol–water partition coefficient (Wildman–Crippen LogP) is 2.87. The Morgan fingerprint density at radius 2 is 1.81 bits per heavy atom. The molecule has 0 atom stereocenters. The molecule has 0 saturated heterocycles. The molecule has 0 aliphatic rings. The topological polar surface area (TPSA) is 68.3 Å². The quantitative estimate of drug-likeness (QED) is 0.786. The number of nitrogens with zero attached hydrogens (tertiary/aromatic N) is 2. The van der Waals surface area contributed by atoms with Crippen LogP contribution < -0.4 is 5.73 Å². The van der Waals surface area contributed by atoms with Crippen LogP contribution in [0.1, 0.15) is 0 Å². The number of nitrogens with two attached hydrogens (primary N) is 1. The third-order valence-electron chi connectivity index (χ3n) is 2.14. The van der Waals surface area contributed by atoms with Gasteiger partial charge in [-0.3, -0.25) is 0 Å². The summed E-state index contributed by atoms with van der Waals surface area (Å²) in [6, 6.07) is 8.93. The lowest BCUT2D eigenvalue weighted by molar-refractivity contribution is 0.628. The average Bonchev–Trinajstić information content (AvgIpc) is 2.30. The van der Waals surface area contributed by atoms with Gasteiger partial charge in [-0.15, -0.1) is 4.91 Å². The largest absolute Gasteiger partial charge is 0.382 e. The minimum atomic E-state index is -0.317. The van der Waals surface area contributed by atoms with Gasteiger partial charge in [0, 0.05) is 5.56 Å². The number of aromatic nitrogens is 1. The van der Waals surface area contributed by atoms with Gasteiger partial charge < -0.3 is 5.73 Å². The molecule has 1 aromatic heterocycles. The highest BCUT2D eigenvalue weighted by atomic mass is 19.1. The maximum absolute atomic E-state index is 12.7. The SMILES string of the molecule is Nc1nc(-c2ccc(F)cc2)ccc1N=O. The zero-order valence-electron chi connectivity index (χ0n) is 8.22. The molecule has 0 unspecified atom stereocenters. The number of hydrogen-bond acceptors (Lipinski definition) is 4. The molecule has 0 spiro atoms. The van der Waals surface area contributed by atoms with Gasteiger partial charge in [-0.05, 0) is 41.6 Å². The summed E-state index contributed by atoms with van der Waals surface area (Å²) in [6.45, 7) is 0. The van der Waals surface area contributed by atoms with E-state index >= 15 is 0 Å². The van der Waals surface area contributed by atoms with Crippen molar-refractivity contribution in [3.05, 3.63) is 47.1 Å². The molecular formula is C11H8FN3O. The first-order valence-electron chi connectivity index (χ1n) is 4.56. The van der Waals surface area contributed by atoms with Crippen molar-refractivity contribution in [1.82, 2.24) is 4.98 Å². The van der Waals surface area contributed by atoms with Crippen LogP contribution in [0.15, 0.2) is 41.6 Å². The molecule has 0 aliphatic carbocycles. The monoisotopic (exact) mass is 217 g/mol. The van der Waals surface area contributed by atoms with E-state index in [9.17, 15) is 9.30 Å². The van der Waals surface area contributed by atoms with E-state index in [1.807, 2.05) is 0 Å². The second kappa shape index (κ2) is 4.06. The van der Waals surface area contributed by atoms with E-state index < -0.39 is 0 Å². The summed E-state index contributed by atoms with van der Waals surface area (Å²) >= 11 is 0. The molecule has 2 rings (SSSR count). The summed E-state index contributed by atoms with van der Waals surface area (Å²) in [6.07, 6.45) is 0. The number of nitroso groups, excluding NO2 is 1. The summed E-state index contributed by atoms with van der Waals surface area (Å²) in [5.74, 6) is -0.250. The van der Waals surface area contributed by atoms with Gasteiger partial charge in [0.05, 0.1) is 5.69 Å². The van der Waals surface area contributed by atoms with Crippen LogP contribution in [-0.4, -0.2) is 4.98 Å². The molecule has 5 heteroatoms. The number of benzene rings is 1. The van der Waals surface area contributed by atoms with Gasteiger partial charge in [-0.2, -0.15) is 0 Å². The summed E-state index contributed by atoms with van der Waals surface area (Å²) in [5, 5.41) is 2.72. The van der Waals surface area contributed by atoms with Crippen molar-refractivity contribution in [3.63, 3.8) is 0 Å². The van der Waals surface area contributed by atoms with Gasteiger partial charge in [0.25, 0.3) is 0 Å². The zero-order chi connectivity index (χ0) is 11.5. The number of pyridine rings is 1. The van der Waals surface area contributed by atoms with Gasteiger partial charge >= 0.3 is 0 Å². The second-order valence-corrected chi connectivity index (χ2v) is 3.20. The molecule has 0 saturated carbocycles. The van der Waals surface area contributed by atoms with Crippen molar-refractivity contribution in [1.29, 1.82) is 0 Å². The van der Waals surface area contributed by atoms with Crippen molar-refractivity contribution in [3.8, 4) is 11.3 Å². The highest BCUT2D eigenvalue weighted by molar-refractivity contribution is 5.67. The zero-order valence-corrected chi connectivity index (χ0v) is 8.22. The molecule has 0 radical (unpaired) electrons. The first kappa shape index (κ1) is 10.2.